The van der Waals surface area contributed by atoms with Crippen LogP contribution in [0, 0.1) is 5.92 Å². The summed E-state index contributed by atoms with van der Waals surface area (Å²) in [5.74, 6) is 0.525. The lowest BCUT2D eigenvalue weighted by molar-refractivity contribution is 0.0552. The van der Waals surface area contributed by atoms with Crippen LogP contribution in [0.4, 0.5) is 5.69 Å². The number of nitrogens with two attached hydrogens (primary N) is 1. The van der Waals surface area contributed by atoms with E-state index in [2.05, 4.69) is 13.8 Å². The maximum atomic E-state index is 12.5. The fourth-order valence-corrected chi connectivity index (χ4v) is 2.66. The summed E-state index contributed by atoms with van der Waals surface area (Å²) in [5, 5.41) is 0.547. The van der Waals surface area contributed by atoms with Crippen LogP contribution < -0.4 is 5.73 Å². The Labute approximate surface area is 113 Å². The Morgan fingerprint density at radius 3 is 2.89 bits per heavy atom. The quantitative estimate of drug-likeness (QED) is 0.794. The second-order valence-electron chi connectivity index (χ2n) is 5.09. The minimum atomic E-state index is -0.00551. The van der Waals surface area contributed by atoms with E-state index in [0.29, 0.717) is 22.2 Å². The molecule has 2 N–H and O–H groups in total. The van der Waals surface area contributed by atoms with Crippen molar-refractivity contribution in [2.24, 2.45) is 5.92 Å². The van der Waals surface area contributed by atoms with Crippen LogP contribution in [0.15, 0.2) is 18.2 Å². The molecule has 1 fully saturated rings. The maximum absolute atomic E-state index is 12.5. The molecule has 1 aliphatic rings. The van der Waals surface area contributed by atoms with Crippen molar-refractivity contribution in [1.82, 2.24) is 4.90 Å². The molecule has 3 nitrogen and oxygen atoms in total. The number of likely N-dealkylation sites (tertiary alicyclic amines) is 1. The summed E-state index contributed by atoms with van der Waals surface area (Å²) in [6, 6.07) is 5.30. The zero-order chi connectivity index (χ0) is 13.3. The fourth-order valence-electron chi connectivity index (χ4n) is 2.49. The Bertz CT molecular complexity index is 461. The highest BCUT2D eigenvalue weighted by Crippen LogP contribution is 2.27. The van der Waals surface area contributed by atoms with Gasteiger partial charge in [-0.2, -0.15) is 0 Å². The smallest absolute Gasteiger partial charge is 0.256 e. The molecule has 2 unspecified atom stereocenters. The van der Waals surface area contributed by atoms with Gasteiger partial charge >= 0.3 is 0 Å². The van der Waals surface area contributed by atoms with Gasteiger partial charge in [-0.05, 0) is 43.9 Å². The predicted molar refractivity (Wildman–Crippen MR) is 74.8 cm³/mol. The molecule has 1 amide bonds. The van der Waals surface area contributed by atoms with Crippen LogP contribution in [-0.4, -0.2) is 23.4 Å². The molecule has 1 aliphatic heterocycles. The van der Waals surface area contributed by atoms with Crippen molar-refractivity contribution in [3.8, 4) is 0 Å². The van der Waals surface area contributed by atoms with Crippen molar-refractivity contribution in [2.75, 3.05) is 12.3 Å². The maximum Gasteiger partial charge on any atom is 0.256 e. The molecule has 0 saturated carbocycles. The first-order valence-corrected chi connectivity index (χ1v) is 6.74. The molecule has 2 rings (SSSR count). The lowest BCUT2D eigenvalue weighted by Gasteiger charge is -2.38. The predicted octanol–water partition coefficient (Wildman–Crippen LogP) is 3.18. The summed E-state index contributed by atoms with van der Waals surface area (Å²) in [6.07, 6.45) is 2.23. The molecule has 0 radical (unpaired) electrons. The average Bonchev–Trinajstić information content (AvgIpc) is 2.35. The van der Waals surface area contributed by atoms with E-state index in [4.69, 9.17) is 17.3 Å². The van der Waals surface area contributed by atoms with Crippen molar-refractivity contribution < 1.29 is 4.79 Å². The molecule has 0 aliphatic carbocycles. The molecule has 1 aromatic carbocycles. The van der Waals surface area contributed by atoms with Crippen LogP contribution >= 0.6 is 11.6 Å². The monoisotopic (exact) mass is 266 g/mol. The molecule has 4 heteroatoms. The molecular weight excluding hydrogens is 248 g/mol. The van der Waals surface area contributed by atoms with Gasteiger partial charge < -0.3 is 10.6 Å². The van der Waals surface area contributed by atoms with Crippen molar-refractivity contribution in [2.45, 2.75) is 32.7 Å². The van der Waals surface area contributed by atoms with Crippen LogP contribution in [0.1, 0.15) is 37.0 Å². The number of amides is 1. The minimum absolute atomic E-state index is 0.00551. The second kappa shape index (κ2) is 5.19. The normalized spacial score (nSPS) is 24.1. The van der Waals surface area contributed by atoms with E-state index < -0.39 is 0 Å². The van der Waals surface area contributed by atoms with Crippen LogP contribution in [0.2, 0.25) is 5.02 Å². The fraction of sp³-hybridized carbons (Fsp3) is 0.500. The number of hydrogen-bond donors (Lipinski definition) is 1. The van der Waals surface area contributed by atoms with E-state index in [9.17, 15) is 4.79 Å². The van der Waals surface area contributed by atoms with Gasteiger partial charge in [-0.25, -0.2) is 0 Å². The zero-order valence-corrected chi connectivity index (χ0v) is 11.6. The first-order valence-electron chi connectivity index (χ1n) is 6.36. The van der Waals surface area contributed by atoms with E-state index in [-0.39, 0.29) is 11.9 Å². The van der Waals surface area contributed by atoms with Gasteiger partial charge in [0.05, 0.1) is 5.56 Å². The first-order chi connectivity index (χ1) is 8.50. The van der Waals surface area contributed by atoms with Crippen molar-refractivity contribution in [3.63, 3.8) is 0 Å². The Morgan fingerprint density at radius 2 is 2.17 bits per heavy atom. The summed E-state index contributed by atoms with van der Waals surface area (Å²) in [7, 11) is 0. The summed E-state index contributed by atoms with van der Waals surface area (Å²) < 4.78 is 0. The number of piperidine rings is 1. The van der Waals surface area contributed by atoms with E-state index >= 15 is 0 Å². The van der Waals surface area contributed by atoms with Gasteiger partial charge in [0, 0.05) is 23.3 Å². The Morgan fingerprint density at radius 1 is 1.44 bits per heavy atom. The summed E-state index contributed by atoms with van der Waals surface area (Å²) >= 11 is 5.94. The van der Waals surface area contributed by atoms with Gasteiger partial charge in [-0.1, -0.05) is 18.5 Å². The van der Waals surface area contributed by atoms with Crippen LogP contribution in [0.3, 0.4) is 0 Å². The van der Waals surface area contributed by atoms with E-state index in [1.54, 1.807) is 18.2 Å². The molecule has 0 spiro atoms. The molecule has 1 aromatic rings. The van der Waals surface area contributed by atoms with Gasteiger partial charge in [-0.3, -0.25) is 4.79 Å². The summed E-state index contributed by atoms with van der Waals surface area (Å²) in [5.41, 5.74) is 6.88. The second-order valence-corrected chi connectivity index (χ2v) is 5.53. The number of benzene rings is 1. The number of anilines is 1. The molecule has 1 saturated heterocycles. The topological polar surface area (TPSA) is 46.3 Å². The Kier molecular flexibility index (Phi) is 3.81. The van der Waals surface area contributed by atoms with Crippen LogP contribution in [0.25, 0.3) is 0 Å². The highest BCUT2D eigenvalue weighted by atomic mass is 35.5. The number of hydrogen-bond acceptors (Lipinski definition) is 2. The summed E-state index contributed by atoms with van der Waals surface area (Å²) in [6.45, 7) is 5.09. The molecule has 0 bridgehead atoms. The number of rotatable bonds is 1. The Balaban J connectivity index is 2.27. The first kappa shape index (κ1) is 13.2. The molecular formula is C14H19ClN2O. The van der Waals surface area contributed by atoms with E-state index in [1.807, 2.05) is 4.90 Å². The third kappa shape index (κ3) is 2.46. The number of nitrogen functional groups attached to an aromatic ring is 1. The van der Waals surface area contributed by atoms with Crippen LogP contribution in [-0.2, 0) is 0 Å². The highest BCUT2D eigenvalue weighted by Gasteiger charge is 2.29. The number of carbonyl (C=O) groups is 1. The van der Waals surface area contributed by atoms with Crippen molar-refractivity contribution in [1.29, 1.82) is 0 Å². The van der Waals surface area contributed by atoms with Gasteiger partial charge in [0.15, 0.2) is 0 Å². The largest absolute Gasteiger partial charge is 0.398 e. The number of nitrogens with zero attached hydrogens (tertiary/aromatic N) is 1. The van der Waals surface area contributed by atoms with Gasteiger partial charge in [0.1, 0.15) is 0 Å². The third-order valence-electron chi connectivity index (χ3n) is 3.88. The number of halogens is 1. The highest BCUT2D eigenvalue weighted by molar-refractivity contribution is 6.31. The van der Waals surface area contributed by atoms with Crippen LogP contribution in [0.5, 0.6) is 0 Å². The van der Waals surface area contributed by atoms with Gasteiger partial charge in [0.2, 0.25) is 0 Å². The number of carbonyl (C=O) groups excluding carboxylic acids is 1. The van der Waals surface area contributed by atoms with Crippen molar-refractivity contribution >= 4 is 23.2 Å². The SMILES string of the molecule is CC1CCCN(C(=O)c2cc(Cl)ccc2N)C1C. The molecule has 1 heterocycles. The lowest BCUT2D eigenvalue weighted by Crippen LogP contribution is -2.46. The molecule has 98 valence electrons. The van der Waals surface area contributed by atoms with E-state index in [0.717, 1.165) is 13.0 Å². The van der Waals surface area contributed by atoms with Gasteiger partial charge in [-0.15, -0.1) is 0 Å². The van der Waals surface area contributed by atoms with Gasteiger partial charge in [0.25, 0.3) is 5.91 Å². The zero-order valence-electron chi connectivity index (χ0n) is 10.8. The molecule has 2 atom stereocenters. The Hall–Kier alpha value is -1.22. The van der Waals surface area contributed by atoms with E-state index in [1.165, 1.54) is 6.42 Å². The summed E-state index contributed by atoms with van der Waals surface area (Å²) in [4.78, 5) is 14.4. The molecule has 18 heavy (non-hydrogen) atoms. The lowest BCUT2D eigenvalue weighted by atomic mass is 9.91. The average molecular weight is 267 g/mol. The molecule has 0 aromatic heterocycles. The standard InChI is InChI=1S/C14H19ClN2O/c1-9-4-3-7-17(10(9)2)14(18)12-8-11(15)5-6-13(12)16/h5-6,8-10H,3-4,7,16H2,1-2H3. The third-order valence-corrected chi connectivity index (χ3v) is 4.12. The van der Waals surface area contributed by atoms with Crippen molar-refractivity contribution in [3.05, 3.63) is 28.8 Å². The minimum Gasteiger partial charge on any atom is -0.398 e.